The van der Waals surface area contributed by atoms with Crippen molar-refractivity contribution in [1.29, 1.82) is 0 Å². The number of carbonyl (C=O) groups excluding carboxylic acids is 1. The largest absolute Gasteiger partial charge is 0.480 e. The van der Waals surface area contributed by atoms with Gasteiger partial charge in [0.05, 0.1) is 7.11 Å². The average molecular weight is 189 g/mol. The number of ether oxygens (including phenoxy) is 1. The van der Waals surface area contributed by atoms with Gasteiger partial charge in [0.2, 0.25) is 0 Å². The van der Waals surface area contributed by atoms with Crippen LogP contribution >= 0.6 is 0 Å². The topological polar surface area (TPSA) is 75.6 Å². The summed E-state index contributed by atoms with van der Waals surface area (Å²) in [6, 6.07) is 0. The summed E-state index contributed by atoms with van der Waals surface area (Å²) in [6.45, 7) is 4.87. The first kappa shape index (κ1) is 11.7. The molecule has 5 nitrogen and oxygen atoms in total. The number of methoxy groups -OCH3 is 1. The number of carbonyl (C=O) groups is 2. The van der Waals surface area contributed by atoms with Crippen molar-refractivity contribution in [1.82, 2.24) is 5.32 Å². The van der Waals surface area contributed by atoms with Crippen molar-refractivity contribution >= 4 is 12.1 Å². The SMILES string of the molecule is COC(=O)N[C@](C)(C(=O)O)C(C)C. The maximum atomic E-state index is 10.8. The van der Waals surface area contributed by atoms with Crippen molar-refractivity contribution in [3.63, 3.8) is 0 Å². The Bertz CT molecular complexity index is 214. The molecule has 1 amide bonds. The lowest BCUT2D eigenvalue weighted by Crippen LogP contribution is -2.55. The molecule has 0 aliphatic heterocycles. The number of rotatable bonds is 3. The number of aliphatic carboxylic acids is 1. The maximum absolute atomic E-state index is 10.8. The molecule has 0 aliphatic carbocycles. The molecule has 2 N–H and O–H groups in total. The molecular formula is C8H15NO4. The van der Waals surface area contributed by atoms with E-state index in [0.29, 0.717) is 0 Å². The molecule has 0 aromatic carbocycles. The molecule has 0 heterocycles. The smallest absolute Gasteiger partial charge is 0.407 e. The van der Waals surface area contributed by atoms with E-state index in [1.54, 1.807) is 13.8 Å². The molecule has 76 valence electrons. The Kier molecular flexibility index (Phi) is 3.71. The van der Waals surface area contributed by atoms with E-state index in [9.17, 15) is 9.59 Å². The lowest BCUT2D eigenvalue weighted by molar-refractivity contribution is -0.145. The fraction of sp³-hybridized carbons (Fsp3) is 0.750. The summed E-state index contributed by atoms with van der Waals surface area (Å²) in [5, 5.41) is 11.2. The van der Waals surface area contributed by atoms with Crippen LogP contribution in [0.5, 0.6) is 0 Å². The number of carboxylic acids is 1. The number of alkyl carbamates (subject to hydrolysis) is 1. The minimum atomic E-state index is -1.28. The summed E-state index contributed by atoms with van der Waals surface area (Å²) in [6.07, 6.45) is -0.737. The quantitative estimate of drug-likeness (QED) is 0.689. The van der Waals surface area contributed by atoms with Gasteiger partial charge >= 0.3 is 12.1 Å². The van der Waals surface area contributed by atoms with Crippen LogP contribution < -0.4 is 5.32 Å². The minimum absolute atomic E-state index is 0.218. The van der Waals surface area contributed by atoms with E-state index in [2.05, 4.69) is 10.1 Å². The molecule has 0 rings (SSSR count). The zero-order chi connectivity index (χ0) is 10.6. The summed E-state index contributed by atoms with van der Waals surface area (Å²) >= 11 is 0. The molecule has 0 aromatic heterocycles. The Labute approximate surface area is 77.1 Å². The van der Waals surface area contributed by atoms with E-state index in [1.165, 1.54) is 14.0 Å². The number of hydrogen-bond donors (Lipinski definition) is 2. The van der Waals surface area contributed by atoms with E-state index in [0.717, 1.165) is 0 Å². The third-order valence-electron chi connectivity index (χ3n) is 2.15. The molecule has 0 aliphatic rings. The fourth-order valence-corrected chi connectivity index (χ4v) is 0.708. The molecular weight excluding hydrogens is 174 g/mol. The second-order valence-corrected chi connectivity index (χ2v) is 3.28. The molecule has 1 atom stereocenters. The second-order valence-electron chi connectivity index (χ2n) is 3.28. The predicted molar refractivity (Wildman–Crippen MR) is 46.4 cm³/mol. The normalized spacial score (nSPS) is 14.8. The number of carboxylic acid groups (broad SMARTS) is 1. The highest BCUT2D eigenvalue weighted by Crippen LogP contribution is 2.16. The molecule has 0 radical (unpaired) electrons. The van der Waals surface area contributed by atoms with Crippen molar-refractivity contribution in [2.75, 3.05) is 7.11 Å². The third kappa shape index (κ3) is 2.61. The van der Waals surface area contributed by atoms with Crippen molar-refractivity contribution in [3.05, 3.63) is 0 Å². The highest BCUT2D eigenvalue weighted by Gasteiger charge is 2.38. The van der Waals surface area contributed by atoms with Crippen molar-refractivity contribution in [2.45, 2.75) is 26.3 Å². The Hall–Kier alpha value is -1.26. The molecule has 0 saturated heterocycles. The van der Waals surface area contributed by atoms with E-state index in [-0.39, 0.29) is 5.92 Å². The van der Waals surface area contributed by atoms with Gasteiger partial charge in [0.25, 0.3) is 0 Å². The predicted octanol–water partition coefficient (Wildman–Crippen LogP) is 0.842. The first-order valence-electron chi connectivity index (χ1n) is 3.94. The van der Waals surface area contributed by atoms with Crippen LogP contribution in [-0.2, 0) is 9.53 Å². The van der Waals surface area contributed by atoms with Crippen molar-refractivity contribution < 1.29 is 19.4 Å². The number of nitrogens with one attached hydrogen (secondary N) is 1. The highest BCUT2D eigenvalue weighted by molar-refractivity contribution is 5.84. The van der Waals surface area contributed by atoms with Gasteiger partial charge in [-0.3, -0.25) is 0 Å². The minimum Gasteiger partial charge on any atom is -0.480 e. The van der Waals surface area contributed by atoms with Gasteiger partial charge < -0.3 is 15.2 Å². The third-order valence-corrected chi connectivity index (χ3v) is 2.15. The molecule has 0 fully saturated rings. The van der Waals surface area contributed by atoms with Crippen molar-refractivity contribution in [2.24, 2.45) is 5.92 Å². The van der Waals surface area contributed by atoms with Gasteiger partial charge in [0, 0.05) is 0 Å². The first-order valence-corrected chi connectivity index (χ1v) is 3.94. The van der Waals surface area contributed by atoms with Gasteiger partial charge in [-0.2, -0.15) is 0 Å². The van der Waals surface area contributed by atoms with Crippen molar-refractivity contribution in [3.8, 4) is 0 Å². The van der Waals surface area contributed by atoms with Crippen LogP contribution in [0, 0.1) is 5.92 Å². The van der Waals surface area contributed by atoms with E-state index in [4.69, 9.17) is 5.11 Å². The average Bonchev–Trinajstić information content (AvgIpc) is 2.03. The fourth-order valence-electron chi connectivity index (χ4n) is 0.708. The molecule has 13 heavy (non-hydrogen) atoms. The summed E-state index contributed by atoms with van der Waals surface area (Å²) in [5.74, 6) is -1.29. The summed E-state index contributed by atoms with van der Waals surface area (Å²) in [5.41, 5.74) is -1.28. The van der Waals surface area contributed by atoms with Gasteiger partial charge in [0.1, 0.15) is 5.54 Å². The van der Waals surface area contributed by atoms with Crippen LogP contribution in [0.25, 0.3) is 0 Å². The molecule has 0 spiro atoms. The number of hydrogen-bond acceptors (Lipinski definition) is 3. The number of amides is 1. The zero-order valence-electron chi connectivity index (χ0n) is 8.25. The Morgan fingerprint density at radius 2 is 1.92 bits per heavy atom. The van der Waals surface area contributed by atoms with E-state index < -0.39 is 17.6 Å². The van der Waals surface area contributed by atoms with Crippen LogP contribution in [0.3, 0.4) is 0 Å². The Balaban J connectivity index is 4.61. The van der Waals surface area contributed by atoms with Crippen LogP contribution in [0.2, 0.25) is 0 Å². The molecule has 5 heteroatoms. The molecule has 0 aromatic rings. The van der Waals surface area contributed by atoms with Gasteiger partial charge in [-0.05, 0) is 12.8 Å². The van der Waals surface area contributed by atoms with Crippen LogP contribution in [-0.4, -0.2) is 29.8 Å². The van der Waals surface area contributed by atoms with Gasteiger partial charge in [-0.25, -0.2) is 9.59 Å². The van der Waals surface area contributed by atoms with Crippen LogP contribution in [0.1, 0.15) is 20.8 Å². The zero-order valence-corrected chi connectivity index (χ0v) is 8.25. The summed E-state index contributed by atoms with van der Waals surface area (Å²) < 4.78 is 4.33. The van der Waals surface area contributed by atoms with E-state index in [1.807, 2.05) is 0 Å². The second kappa shape index (κ2) is 4.11. The summed E-state index contributed by atoms with van der Waals surface area (Å²) in [4.78, 5) is 21.7. The Morgan fingerprint density at radius 3 is 2.15 bits per heavy atom. The Morgan fingerprint density at radius 1 is 1.46 bits per heavy atom. The molecule has 0 saturated carbocycles. The summed E-state index contributed by atoms with van der Waals surface area (Å²) in [7, 11) is 1.19. The van der Waals surface area contributed by atoms with Gasteiger partial charge in [-0.15, -0.1) is 0 Å². The van der Waals surface area contributed by atoms with Gasteiger partial charge in [0.15, 0.2) is 0 Å². The molecule has 0 unspecified atom stereocenters. The van der Waals surface area contributed by atoms with E-state index >= 15 is 0 Å². The standard InChI is InChI=1S/C8H15NO4/c1-5(2)8(3,6(10)11)9-7(12)13-4/h5H,1-4H3,(H,9,12)(H,10,11)/t8-/m0/s1. The maximum Gasteiger partial charge on any atom is 0.407 e. The monoisotopic (exact) mass is 189 g/mol. The lowest BCUT2D eigenvalue weighted by atomic mass is 9.89. The lowest BCUT2D eigenvalue weighted by Gasteiger charge is -2.29. The highest BCUT2D eigenvalue weighted by atomic mass is 16.5. The van der Waals surface area contributed by atoms with Gasteiger partial charge in [-0.1, -0.05) is 13.8 Å². The van der Waals surface area contributed by atoms with Crippen LogP contribution in [0.15, 0.2) is 0 Å². The van der Waals surface area contributed by atoms with Crippen LogP contribution in [0.4, 0.5) is 4.79 Å². The molecule has 0 bridgehead atoms. The first-order chi connectivity index (χ1) is 5.84.